The van der Waals surface area contributed by atoms with Gasteiger partial charge in [0.2, 0.25) is 0 Å². The van der Waals surface area contributed by atoms with Crippen LogP contribution < -0.4 is 9.34 Å². The molecule has 5 nitrogen and oxygen atoms in total. The Morgan fingerprint density at radius 2 is 1.06 bits per heavy atom. The van der Waals surface area contributed by atoms with Gasteiger partial charge < -0.3 is 9.34 Å². The fourth-order valence-corrected chi connectivity index (χ4v) is 8.61. The molecule has 0 N–H and O–H groups in total. The van der Waals surface area contributed by atoms with Gasteiger partial charge in [0.15, 0.2) is 0 Å². The number of piperidine rings is 1. The van der Waals surface area contributed by atoms with E-state index < -0.39 is 7.44 Å². The lowest BCUT2D eigenvalue weighted by Crippen LogP contribution is -2.40. The van der Waals surface area contributed by atoms with Gasteiger partial charge in [-0.1, -0.05) is 66.7 Å². The molecule has 3 aromatic rings. The van der Waals surface area contributed by atoms with Crippen LogP contribution in [0, 0.1) is 0 Å². The van der Waals surface area contributed by atoms with Gasteiger partial charge in [-0.3, -0.25) is 14.3 Å². The second kappa shape index (κ2) is 8.93. The molecular formula is C26H28N3O2P. The summed E-state index contributed by atoms with van der Waals surface area (Å²) in [5.41, 5.74) is 2.99. The second-order valence-electron chi connectivity index (χ2n) is 8.37. The summed E-state index contributed by atoms with van der Waals surface area (Å²) in [4.78, 5) is 14.3. The maximum Gasteiger partial charge on any atom is 0.284 e. The molecule has 5 rings (SSSR count). The molecule has 3 aromatic carbocycles. The van der Waals surface area contributed by atoms with Crippen molar-refractivity contribution in [3.63, 3.8) is 0 Å². The number of hydrogen-bond donors (Lipinski definition) is 0. The van der Waals surface area contributed by atoms with Crippen LogP contribution in [0.1, 0.15) is 24.2 Å². The number of anilines is 2. The number of rotatable bonds is 5. The Morgan fingerprint density at radius 1 is 0.625 bits per heavy atom. The van der Waals surface area contributed by atoms with Crippen LogP contribution in [0.2, 0.25) is 0 Å². The van der Waals surface area contributed by atoms with Crippen LogP contribution in [-0.4, -0.2) is 36.9 Å². The van der Waals surface area contributed by atoms with Gasteiger partial charge in [-0.2, -0.15) is 0 Å². The number of ketones is 1. The largest absolute Gasteiger partial charge is 0.304 e. The zero-order valence-electron chi connectivity index (χ0n) is 18.1. The SMILES string of the molecule is O=C1CCN([C@H](c2ccccc2)P2(=O)N(c3ccccc3)CCN2c2ccccc2)CC1. The highest BCUT2D eigenvalue weighted by molar-refractivity contribution is 7.67. The van der Waals surface area contributed by atoms with Crippen LogP contribution in [0.25, 0.3) is 0 Å². The zero-order valence-corrected chi connectivity index (χ0v) is 19.0. The van der Waals surface area contributed by atoms with E-state index in [0.29, 0.717) is 39.0 Å². The normalized spacial score (nSPS) is 19.8. The Kier molecular flexibility index (Phi) is 5.86. The molecule has 0 aliphatic carbocycles. The van der Waals surface area contributed by atoms with Crippen molar-refractivity contribution in [2.45, 2.75) is 18.6 Å². The monoisotopic (exact) mass is 445 g/mol. The van der Waals surface area contributed by atoms with Gasteiger partial charge in [0.05, 0.1) is 0 Å². The molecule has 2 aliphatic heterocycles. The number of Topliss-reactive ketones (excluding diaryl/α,β-unsaturated/α-hetero) is 1. The summed E-state index contributed by atoms with van der Waals surface area (Å²) in [6.07, 6.45) is 1.03. The first-order valence-corrected chi connectivity index (χ1v) is 12.9. The van der Waals surface area contributed by atoms with E-state index in [-0.39, 0.29) is 11.6 Å². The third-order valence-corrected chi connectivity index (χ3v) is 9.95. The van der Waals surface area contributed by atoms with Crippen molar-refractivity contribution in [1.29, 1.82) is 0 Å². The van der Waals surface area contributed by atoms with Crippen molar-refractivity contribution >= 4 is 24.6 Å². The fraction of sp³-hybridized carbons (Fsp3) is 0.269. The van der Waals surface area contributed by atoms with E-state index in [2.05, 4.69) is 26.4 Å². The maximum atomic E-state index is 15.5. The Labute approximate surface area is 189 Å². The number of hydrogen-bond acceptors (Lipinski definition) is 3. The first-order valence-electron chi connectivity index (χ1n) is 11.2. The highest BCUT2D eigenvalue weighted by Gasteiger charge is 2.52. The van der Waals surface area contributed by atoms with Crippen LogP contribution in [0.15, 0.2) is 91.0 Å². The summed E-state index contributed by atoms with van der Waals surface area (Å²) in [6.45, 7) is 2.64. The molecule has 0 aromatic heterocycles. The quantitative estimate of drug-likeness (QED) is 0.481. The summed E-state index contributed by atoms with van der Waals surface area (Å²) in [5, 5.41) is 0. The van der Waals surface area contributed by atoms with Gasteiger partial charge >= 0.3 is 0 Å². The summed E-state index contributed by atoms with van der Waals surface area (Å²) in [5.74, 6) is -0.0303. The molecule has 164 valence electrons. The number of likely N-dealkylation sites (tertiary alicyclic amines) is 1. The summed E-state index contributed by atoms with van der Waals surface area (Å²) in [6, 6.07) is 30.3. The molecule has 0 amide bonds. The first-order chi connectivity index (χ1) is 15.7. The summed E-state index contributed by atoms with van der Waals surface area (Å²) < 4.78 is 19.7. The van der Waals surface area contributed by atoms with Crippen molar-refractivity contribution < 1.29 is 9.36 Å². The summed E-state index contributed by atoms with van der Waals surface area (Å²) >= 11 is 0. The van der Waals surface area contributed by atoms with E-state index in [1.807, 2.05) is 78.9 Å². The van der Waals surface area contributed by atoms with E-state index >= 15 is 4.57 Å². The molecule has 2 heterocycles. The van der Waals surface area contributed by atoms with Gasteiger partial charge in [-0.05, 0) is 29.8 Å². The predicted octanol–water partition coefficient (Wildman–Crippen LogP) is 5.57. The minimum atomic E-state index is -3.17. The van der Waals surface area contributed by atoms with E-state index in [0.717, 1.165) is 16.9 Å². The van der Waals surface area contributed by atoms with Crippen LogP contribution in [0.3, 0.4) is 0 Å². The maximum absolute atomic E-state index is 15.5. The Bertz CT molecular complexity index is 1050. The highest BCUT2D eigenvalue weighted by atomic mass is 31.2. The number of carbonyl (C=O) groups is 1. The second-order valence-corrected chi connectivity index (χ2v) is 11.0. The van der Waals surface area contributed by atoms with Gasteiger partial charge in [0, 0.05) is 50.4 Å². The molecule has 1 atom stereocenters. The van der Waals surface area contributed by atoms with Crippen molar-refractivity contribution in [1.82, 2.24) is 4.90 Å². The van der Waals surface area contributed by atoms with Crippen LogP contribution in [0.5, 0.6) is 0 Å². The smallest absolute Gasteiger partial charge is 0.284 e. The molecule has 32 heavy (non-hydrogen) atoms. The van der Waals surface area contributed by atoms with Crippen LogP contribution in [0.4, 0.5) is 11.4 Å². The average Bonchev–Trinajstić information content (AvgIpc) is 3.19. The molecule has 2 saturated heterocycles. The molecule has 0 radical (unpaired) electrons. The third kappa shape index (κ3) is 3.76. The zero-order chi connectivity index (χ0) is 22.0. The van der Waals surface area contributed by atoms with Gasteiger partial charge in [0.25, 0.3) is 7.44 Å². The molecule has 6 heteroatoms. The van der Waals surface area contributed by atoms with Gasteiger partial charge in [-0.25, -0.2) is 0 Å². The molecule has 0 unspecified atom stereocenters. The Hall–Kier alpha value is -2.88. The highest BCUT2D eigenvalue weighted by Crippen LogP contribution is 2.69. The number of benzene rings is 3. The lowest BCUT2D eigenvalue weighted by Gasteiger charge is -2.44. The van der Waals surface area contributed by atoms with Crippen molar-refractivity contribution in [3.8, 4) is 0 Å². The number of para-hydroxylation sites is 2. The lowest BCUT2D eigenvalue weighted by atomic mass is 10.1. The molecule has 0 spiro atoms. The number of nitrogens with zero attached hydrogens (tertiary/aromatic N) is 3. The average molecular weight is 446 g/mol. The van der Waals surface area contributed by atoms with Crippen LogP contribution in [-0.2, 0) is 9.36 Å². The number of carbonyl (C=O) groups excluding carboxylic acids is 1. The first kappa shape index (κ1) is 21.0. The van der Waals surface area contributed by atoms with E-state index in [1.54, 1.807) is 0 Å². The molecule has 2 fully saturated rings. The van der Waals surface area contributed by atoms with E-state index in [9.17, 15) is 4.79 Å². The van der Waals surface area contributed by atoms with Crippen molar-refractivity contribution in [2.75, 3.05) is 35.5 Å². The predicted molar refractivity (Wildman–Crippen MR) is 130 cm³/mol. The third-order valence-electron chi connectivity index (χ3n) is 6.44. The molecule has 0 saturated carbocycles. The van der Waals surface area contributed by atoms with Crippen molar-refractivity contribution in [2.24, 2.45) is 0 Å². The van der Waals surface area contributed by atoms with Crippen LogP contribution >= 0.6 is 7.44 Å². The minimum absolute atomic E-state index is 0.289. The Balaban J connectivity index is 1.67. The van der Waals surface area contributed by atoms with Crippen molar-refractivity contribution in [3.05, 3.63) is 96.6 Å². The van der Waals surface area contributed by atoms with E-state index in [1.165, 1.54) is 0 Å². The molecule has 0 bridgehead atoms. The van der Waals surface area contributed by atoms with E-state index in [4.69, 9.17) is 0 Å². The molecular weight excluding hydrogens is 417 g/mol. The lowest BCUT2D eigenvalue weighted by molar-refractivity contribution is -0.121. The summed E-state index contributed by atoms with van der Waals surface area (Å²) in [7, 11) is -3.17. The van der Waals surface area contributed by atoms with Gasteiger partial charge in [0.1, 0.15) is 11.6 Å². The Morgan fingerprint density at radius 3 is 1.53 bits per heavy atom. The van der Waals surface area contributed by atoms with Gasteiger partial charge in [-0.15, -0.1) is 0 Å². The minimum Gasteiger partial charge on any atom is -0.304 e. The standard InChI is InChI=1S/C26H28N3O2P/c30-25-16-18-27(19-17-25)26(22-10-4-1-5-11-22)32(31)28(23-12-6-2-7-13-23)20-21-29(32)24-14-8-3-9-15-24/h1-15,26H,16-21H2/t26-/m0/s1. The molecule has 2 aliphatic rings. The fourth-order valence-electron chi connectivity index (χ4n) is 4.92. The topological polar surface area (TPSA) is 43.9 Å².